The van der Waals surface area contributed by atoms with Crippen molar-refractivity contribution in [3.8, 4) is 0 Å². The standard InChI is InChI=1S/C19H21Cl2N3O3S/c1-14-3-8-17(11-18(14)21)22-19(25)13-24-10-2-9-23(28(24,26)27)12-15-4-6-16(20)7-5-15/h3-8,11H,2,9-10,12-13H2,1H3,(H,22,25). The number of rotatable bonds is 5. The van der Waals surface area contributed by atoms with Gasteiger partial charge in [0.1, 0.15) is 0 Å². The number of anilines is 1. The third-order valence-electron chi connectivity index (χ3n) is 4.52. The fourth-order valence-electron chi connectivity index (χ4n) is 2.96. The fourth-order valence-corrected chi connectivity index (χ4v) is 4.91. The number of halogens is 2. The molecule has 0 aliphatic carbocycles. The van der Waals surface area contributed by atoms with Gasteiger partial charge in [-0.05, 0) is 48.7 Å². The van der Waals surface area contributed by atoms with Crippen molar-refractivity contribution in [3.63, 3.8) is 0 Å². The van der Waals surface area contributed by atoms with Gasteiger partial charge in [0.05, 0.1) is 6.54 Å². The van der Waals surface area contributed by atoms with Gasteiger partial charge in [-0.1, -0.05) is 41.4 Å². The van der Waals surface area contributed by atoms with Gasteiger partial charge in [-0.25, -0.2) is 0 Å². The van der Waals surface area contributed by atoms with Gasteiger partial charge in [-0.15, -0.1) is 0 Å². The summed E-state index contributed by atoms with van der Waals surface area (Å²) in [6, 6.07) is 12.2. The summed E-state index contributed by atoms with van der Waals surface area (Å²) in [5.74, 6) is -0.406. The SMILES string of the molecule is Cc1ccc(NC(=O)CN2CCCN(Cc3ccc(Cl)cc3)S2(=O)=O)cc1Cl. The molecule has 1 aliphatic heterocycles. The van der Waals surface area contributed by atoms with E-state index in [0.29, 0.717) is 35.2 Å². The van der Waals surface area contributed by atoms with Gasteiger partial charge in [0.2, 0.25) is 5.91 Å². The molecule has 2 aromatic carbocycles. The molecule has 6 nitrogen and oxygen atoms in total. The highest BCUT2D eigenvalue weighted by Gasteiger charge is 2.34. The van der Waals surface area contributed by atoms with Crippen LogP contribution in [0, 0.1) is 6.92 Å². The smallest absolute Gasteiger partial charge is 0.282 e. The van der Waals surface area contributed by atoms with Crippen LogP contribution in [0.1, 0.15) is 17.5 Å². The second kappa shape index (κ2) is 8.80. The summed E-state index contributed by atoms with van der Waals surface area (Å²) < 4.78 is 28.4. The Balaban J connectivity index is 1.66. The predicted molar refractivity (Wildman–Crippen MR) is 112 cm³/mol. The van der Waals surface area contributed by atoms with Crippen LogP contribution < -0.4 is 5.32 Å². The lowest BCUT2D eigenvalue weighted by Gasteiger charge is -2.34. The lowest BCUT2D eigenvalue weighted by atomic mass is 10.2. The van der Waals surface area contributed by atoms with E-state index in [2.05, 4.69) is 5.32 Å². The Morgan fingerprint density at radius 1 is 1.07 bits per heavy atom. The van der Waals surface area contributed by atoms with E-state index >= 15 is 0 Å². The molecule has 0 bridgehead atoms. The molecule has 3 rings (SSSR count). The summed E-state index contributed by atoms with van der Waals surface area (Å²) in [5.41, 5.74) is 2.28. The summed E-state index contributed by atoms with van der Waals surface area (Å²) in [6.45, 7) is 2.58. The molecule has 0 saturated carbocycles. The van der Waals surface area contributed by atoms with E-state index in [0.717, 1.165) is 11.1 Å². The maximum Gasteiger partial charge on any atom is 0.282 e. The first-order chi connectivity index (χ1) is 13.3. The van der Waals surface area contributed by atoms with Crippen molar-refractivity contribution in [1.29, 1.82) is 0 Å². The van der Waals surface area contributed by atoms with Crippen LogP contribution in [0.4, 0.5) is 5.69 Å². The number of benzene rings is 2. The zero-order valence-corrected chi connectivity index (χ0v) is 17.7. The fraction of sp³-hybridized carbons (Fsp3) is 0.316. The highest BCUT2D eigenvalue weighted by molar-refractivity contribution is 7.86. The molecule has 9 heteroatoms. The van der Waals surface area contributed by atoms with Gasteiger partial charge in [0, 0.05) is 35.4 Å². The molecule has 1 heterocycles. The van der Waals surface area contributed by atoms with Crippen molar-refractivity contribution in [2.75, 3.05) is 25.0 Å². The number of hydrogen-bond acceptors (Lipinski definition) is 3. The molecule has 0 unspecified atom stereocenters. The molecular weight excluding hydrogens is 421 g/mol. The van der Waals surface area contributed by atoms with Crippen molar-refractivity contribution in [2.45, 2.75) is 19.9 Å². The van der Waals surface area contributed by atoms with Gasteiger partial charge < -0.3 is 5.32 Å². The van der Waals surface area contributed by atoms with Crippen molar-refractivity contribution in [1.82, 2.24) is 8.61 Å². The molecule has 28 heavy (non-hydrogen) atoms. The van der Waals surface area contributed by atoms with Crippen LogP contribution in [0.5, 0.6) is 0 Å². The molecule has 1 fully saturated rings. The van der Waals surface area contributed by atoms with Crippen LogP contribution in [-0.4, -0.2) is 42.6 Å². The zero-order valence-electron chi connectivity index (χ0n) is 15.4. The van der Waals surface area contributed by atoms with Crippen LogP contribution in [0.2, 0.25) is 10.0 Å². The Hall–Kier alpha value is -1.64. The van der Waals surface area contributed by atoms with Gasteiger partial charge in [0.15, 0.2) is 0 Å². The van der Waals surface area contributed by atoms with E-state index < -0.39 is 16.1 Å². The number of nitrogens with one attached hydrogen (secondary N) is 1. The Morgan fingerprint density at radius 3 is 2.43 bits per heavy atom. The number of carbonyl (C=O) groups is 1. The van der Waals surface area contributed by atoms with Crippen molar-refractivity contribution >= 4 is 45.0 Å². The van der Waals surface area contributed by atoms with Gasteiger partial charge >= 0.3 is 0 Å². The van der Waals surface area contributed by atoms with Gasteiger partial charge in [-0.3, -0.25) is 4.79 Å². The minimum atomic E-state index is -3.73. The number of hydrogen-bond donors (Lipinski definition) is 1. The van der Waals surface area contributed by atoms with Crippen LogP contribution in [0.15, 0.2) is 42.5 Å². The lowest BCUT2D eigenvalue weighted by Crippen LogP contribution is -2.51. The van der Waals surface area contributed by atoms with E-state index in [4.69, 9.17) is 23.2 Å². The Labute approximate surface area is 175 Å². The molecule has 0 radical (unpaired) electrons. The monoisotopic (exact) mass is 441 g/mol. The molecule has 2 aromatic rings. The molecule has 150 valence electrons. The van der Waals surface area contributed by atoms with Crippen molar-refractivity contribution < 1.29 is 13.2 Å². The average molecular weight is 442 g/mol. The summed E-state index contributed by atoms with van der Waals surface area (Å²) >= 11 is 12.0. The highest BCUT2D eigenvalue weighted by Crippen LogP contribution is 2.22. The van der Waals surface area contributed by atoms with E-state index in [1.165, 1.54) is 8.61 Å². The predicted octanol–water partition coefficient (Wildman–Crippen LogP) is 3.69. The largest absolute Gasteiger partial charge is 0.325 e. The van der Waals surface area contributed by atoms with Gasteiger partial charge in [0.25, 0.3) is 10.2 Å². The van der Waals surface area contributed by atoms with E-state index in [1.54, 1.807) is 42.5 Å². The van der Waals surface area contributed by atoms with Crippen molar-refractivity contribution in [3.05, 3.63) is 63.6 Å². The Bertz CT molecular complexity index is 965. The second-order valence-electron chi connectivity index (χ2n) is 6.67. The molecule has 0 aromatic heterocycles. The first-order valence-electron chi connectivity index (χ1n) is 8.81. The van der Waals surface area contributed by atoms with E-state index in [1.807, 2.05) is 6.92 Å². The van der Waals surface area contributed by atoms with Crippen LogP contribution in [-0.2, 0) is 21.5 Å². The quantitative estimate of drug-likeness (QED) is 0.768. The van der Waals surface area contributed by atoms with Crippen LogP contribution >= 0.6 is 23.2 Å². The first-order valence-corrected chi connectivity index (χ1v) is 11.0. The number of nitrogens with zero attached hydrogens (tertiary/aromatic N) is 2. The minimum Gasteiger partial charge on any atom is -0.325 e. The van der Waals surface area contributed by atoms with Gasteiger partial charge in [-0.2, -0.15) is 17.0 Å². The molecular formula is C19H21Cl2N3O3S. The summed E-state index contributed by atoms with van der Waals surface area (Å²) in [5, 5.41) is 3.84. The van der Waals surface area contributed by atoms with E-state index in [9.17, 15) is 13.2 Å². The third-order valence-corrected chi connectivity index (χ3v) is 7.10. The van der Waals surface area contributed by atoms with E-state index in [-0.39, 0.29) is 13.1 Å². The topological polar surface area (TPSA) is 69.7 Å². The summed E-state index contributed by atoms with van der Waals surface area (Å²) in [6.07, 6.45) is 0.649. The summed E-state index contributed by atoms with van der Waals surface area (Å²) in [4.78, 5) is 12.4. The maximum absolute atomic E-state index is 12.9. The second-order valence-corrected chi connectivity index (χ2v) is 9.44. The number of carbonyl (C=O) groups excluding carboxylic acids is 1. The maximum atomic E-state index is 12.9. The van der Waals surface area contributed by atoms with Crippen molar-refractivity contribution in [2.24, 2.45) is 0 Å². The molecule has 1 aliphatic rings. The lowest BCUT2D eigenvalue weighted by molar-refractivity contribution is -0.116. The summed E-state index contributed by atoms with van der Waals surface area (Å²) in [7, 11) is -3.73. The Morgan fingerprint density at radius 2 is 1.75 bits per heavy atom. The van der Waals surface area contributed by atoms with Crippen LogP contribution in [0.25, 0.3) is 0 Å². The number of amides is 1. The van der Waals surface area contributed by atoms with Crippen LogP contribution in [0.3, 0.4) is 0 Å². The number of aryl methyl sites for hydroxylation is 1. The third kappa shape index (κ3) is 5.04. The Kier molecular flexibility index (Phi) is 6.62. The normalized spacial score (nSPS) is 17.4. The first kappa shape index (κ1) is 21.1. The molecule has 0 spiro atoms. The zero-order chi connectivity index (χ0) is 20.3. The molecule has 1 saturated heterocycles. The molecule has 1 N–H and O–H groups in total. The highest BCUT2D eigenvalue weighted by atomic mass is 35.5. The molecule has 0 atom stereocenters. The average Bonchev–Trinajstić information content (AvgIpc) is 2.63. The minimum absolute atomic E-state index is 0.241. The molecule has 1 amide bonds.